The van der Waals surface area contributed by atoms with Crippen molar-refractivity contribution in [1.82, 2.24) is 20.0 Å². The van der Waals surface area contributed by atoms with E-state index in [1.807, 2.05) is 43.3 Å². The maximum Gasteiger partial charge on any atom is 0.227 e. The summed E-state index contributed by atoms with van der Waals surface area (Å²) in [6, 6.07) is 11.2. The number of pyridine rings is 1. The van der Waals surface area contributed by atoms with Gasteiger partial charge in [-0.1, -0.05) is 23.4 Å². The van der Waals surface area contributed by atoms with E-state index in [4.69, 9.17) is 9.26 Å². The molecule has 1 unspecified atom stereocenters. The number of nitrogens with zero attached hydrogens (tertiary/aromatic N) is 4. The largest absolute Gasteiger partial charge is 0.496 e. The molecule has 0 radical (unpaired) electrons. The second-order valence-electron chi connectivity index (χ2n) is 6.17. The second kappa shape index (κ2) is 8.44. The fourth-order valence-corrected chi connectivity index (χ4v) is 2.80. The van der Waals surface area contributed by atoms with Crippen LogP contribution < -0.4 is 4.74 Å². The van der Waals surface area contributed by atoms with Crippen LogP contribution in [0.3, 0.4) is 0 Å². The number of rotatable bonds is 7. The molecule has 3 rings (SSSR count). The molecule has 27 heavy (non-hydrogen) atoms. The molecule has 0 aliphatic heterocycles. The van der Waals surface area contributed by atoms with Crippen LogP contribution in [0.1, 0.15) is 30.8 Å². The highest BCUT2D eigenvalue weighted by Crippen LogP contribution is 2.28. The first-order valence-electron chi connectivity index (χ1n) is 8.71. The van der Waals surface area contributed by atoms with Gasteiger partial charge in [-0.2, -0.15) is 4.98 Å². The minimum Gasteiger partial charge on any atom is -0.496 e. The summed E-state index contributed by atoms with van der Waals surface area (Å²) in [6.07, 6.45) is 4.01. The maximum atomic E-state index is 12.6. The molecule has 0 saturated heterocycles. The Hall–Kier alpha value is -3.22. The third-order valence-electron chi connectivity index (χ3n) is 4.52. The molecule has 0 aliphatic carbocycles. The van der Waals surface area contributed by atoms with Crippen LogP contribution in [-0.4, -0.2) is 40.1 Å². The number of benzene rings is 1. The van der Waals surface area contributed by atoms with Gasteiger partial charge in [-0.15, -0.1) is 0 Å². The van der Waals surface area contributed by atoms with Crippen molar-refractivity contribution in [2.45, 2.75) is 25.8 Å². The van der Waals surface area contributed by atoms with Crippen LogP contribution in [0, 0.1) is 0 Å². The quantitative estimate of drug-likeness (QED) is 0.638. The van der Waals surface area contributed by atoms with E-state index in [0.29, 0.717) is 18.1 Å². The first kappa shape index (κ1) is 18.6. The van der Waals surface area contributed by atoms with Crippen LogP contribution in [0.2, 0.25) is 0 Å². The number of aryl methyl sites for hydroxylation is 1. The average molecular weight is 366 g/mol. The monoisotopic (exact) mass is 366 g/mol. The lowest BCUT2D eigenvalue weighted by atomic mass is 10.1. The van der Waals surface area contributed by atoms with Crippen LogP contribution in [0.15, 0.2) is 53.3 Å². The Morgan fingerprint density at radius 2 is 1.96 bits per heavy atom. The van der Waals surface area contributed by atoms with Crippen LogP contribution >= 0.6 is 0 Å². The standard InChI is InChI=1S/C20H22N4O3/c1-14(16-6-4-5-7-17(16)26-3)24(2)19(25)9-8-18-22-20(23-27-18)15-10-12-21-13-11-15/h4-7,10-14H,8-9H2,1-3H3. The van der Waals surface area contributed by atoms with Gasteiger partial charge in [0, 0.05) is 43.4 Å². The number of hydrogen-bond donors (Lipinski definition) is 0. The molecule has 0 saturated carbocycles. The lowest BCUT2D eigenvalue weighted by molar-refractivity contribution is -0.131. The van der Waals surface area contributed by atoms with E-state index in [1.165, 1.54) is 0 Å². The van der Waals surface area contributed by atoms with Crippen molar-refractivity contribution in [2.75, 3.05) is 14.2 Å². The number of aromatic nitrogens is 3. The second-order valence-corrected chi connectivity index (χ2v) is 6.17. The fraction of sp³-hybridized carbons (Fsp3) is 0.300. The Morgan fingerprint density at radius 1 is 1.22 bits per heavy atom. The highest BCUT2D eigenvalue weighted by atomic mass is 16.5. The van der Waals surface area contributed by atoms with Crippen molar-refractivity contribution >= 4 is 5.91 Å². The van der Waals surface area contributed by atoms with E-state index < -0.39 is 0 Å². The van der Waals surface area contributed by atoms with Gasteiger partial charge in [-0.05, 0) is 25.1 Å². The Morgan fingerprint density at radius 3 is 2.70 bits per heavy atom. The summed E-state index contributed by atoms with van der Waals surface area (Å²) in [5.74, 6) is 1.70. The molecule has 0 spiro atoms. The summed E-state index contributed by atoms with van der Waals surface area (Å²) in [5, 5.41) is 3.96. The van der Waals surface area contributed by atoms with Crippen LogP contribution in [0.25, 0.3) is 11.4 Å². The van der Waals surface area contributed by atoms with Crippen molar-refractivity contribution < 1.29 is 14.1 Å². The SMILES string of the molecule is COc1ccccc1C(C)N(C)C(=O)CCc1nc(-c2ccncc2)no1. The number of hydrogen-bond acceptors (Lipinski definition) is 6. The summed E-state index contributed by atoms with van der Waals surface area (Å²) in [6.45, 7) is 1.98. The molecule has 2 aromatic heterocycles. The number of ether oxygens (including phenoxy) is 1. The predicted octanol–water partition coefficient (Wildman–Crippen LogP) is 3.29. The van der Waals surface area contributed by atoms with E-state index >= 15 is 0 Å². The van der Waals surface area contributed by atoms with Crippen molar-refractivity contribution in [1.29, 1.82) is 0 Å². The normalized spacial score (nSPS) is 11.8. The average Bonchev–Trinajstić information content (AvgIpc) is 3.20. The zero-order chi connectivity index (χ0) is 19.2. The molecule has 140 valence electrons. The zero-order valence-electron chi connectivity index (χ0n) is 15.6. The number of methoxy groups -OCH3 is 1. The number of carbonyl (C=O) groups is 1. The minimum absolute atomic E-state index is 0.00272. The summed E-state index contributed by atoms with van der Waals surface area (Å²) >= 11 is 0. The fourth-order valence-electron chi connectivity index (χ4n) is 2.80. The number of amides is 1. The van der Waals surface area contributed by atoms with E-state index in [1.54, 1.807) is 31.5 Å². The molecular formula is C20H22N4O3. The summed E-state index contributed by atoms with van der Waals surface area (Å²) in [4.78, 5) is 22.6. The summed E-state index contributed by atoms with van der Waals surface area (Å²) < 4.78 is 10.7. The molecule has 0 fully saturated rings. The molecule has 7 heteroatoms. The molecule has 7 nitrogen and oxygen atoms in total. The molecule has 0 bridgehead atoms. The molecule has 1 amide bonds. The maximum absolute atomic E-state index is 12.6. The number of para-hydroxylation sites is 1. The highest BCUT2D eigenvalue weighted by Gasteiger charge is 2.21. The van der Waals surface area contributed by atoms with Crippen molar-refractivity contribution in [3.63, 3.8) is 0 Å². The Kier molecular flexibility index (Phi) is 5.80. The molecule has 0 aliphatic rings. The van der Waals surface area contributed by atoms with Gasteiger partial charge >= 0.3 is 0 Å². The predicted molar refractivity (Wildman–Crippen MR) is 100 cm³/mol. The van der Waals surface area contributed by atoms with Gasteiger partial charge in [-0.25, -0.2) is 0 Å². The van der Waals surface area contributed by atoms with E-state index in [9.17, 15) is 4.79 Å². The van der Waals surface area contributed by atoms with Crippen LogP contribution in [0.5, 0.6) is 5.75 Å². The zero-order valence-corrected chi connectivity index (χ0v) is 15.6. The van der Waals surface area contributed by atoms with Gasteiger partial charge in [0.2, 0.25) is 17.6 Å². The van der Waals surface area contributed by atoms with Crippen molar-refractivity contribution in [2.24, 2.45) is 0 Å². The molecular weight excluding hydrogens is 344 g/mol. The smallest absolute Gasteiger partial charge is 0.227 e. The van der Waals surface area contributed by atoms with Crippen LogP contribution in [0.4, 0.5) is 0 Å². The lowest BCUT2D eigenvalue weighted by Gasteiger charge is -2.26. The minimum atomic E-state index is -0.108. The molecule has 0 N–H and O–H groups in total. The van der Waals surface area contributed by atoms with E-state index in [-0.39, 0.29) is 18.4 Å². The van der Waals surface area contributed by atoms with E-state index in [2.05, 4.69) is 15.1 Å². The molecule has 3 aromatic rings. The lowest BCUT2D eigenvalue weighted by Crippen LogP contribution is -2.30. The van der Waals surface area contributed by atoms with Crippen molar-refractivity contribution in [3.05, 3.63) is 60.2 Å². The Bertz CT molecular complexity index is 895. The van der Waals surface area contributed by atoms with E-state index in [0.717, 1.165) is 16.9 Å². The Labute approximate surface area is 158 Å². The van der Waals surface area contributed by atoms with Gasteiger partial charge in [0.15, 0.2) is 0 Å². The van der Waals surface area contributed by atoms with Crippen LogP contribution in [-0.2, 0) is 11.2 Å². The van der Waals surface area contributed by atoms with Crippen molar-refractivity contribution in [3.8, 4) is 17.1 Å². The molecule has 1 atom stereocenters. The topological polar surface area (TPSA) is 81.4 Å². The van der Waals surface area contributed by atoms with Gasteiger partial charge in [-0.3, -0.25) is 9.78 Å². The first-order valence-corrected chi connectivity index (χ1v) is 8.71. The van der Waals surface area contributed by atoms with Gasteiger partial charge in [0.05, 0.1) is 13.2 Å². The third-order valence-corrected chi connectivity index (χ3v) is 4.52. The Balaban J connectivity index is 1.61. The summed E-state index contributed by atoms with van der Waals surface area (Å²) in [7, 11) is 3.42. The van der Waals surface area contributed by atoms with Gasteiger partial charge < -0.3 is 14.2 Å². The molecule has 1 aromatic carbocycles. The highest BCUT2D eigenvalue weighted by molar-refractivity contribution is 5.76. The third kappa shape index (κ3) is 4.31. The van der Waals surface area contributed by atoms with Gasteiger partial charge in [0.25, 0.3) is 0 Å². The van der Waals surface area contributed by atoms with Gasteiger partial charge in [0.1, 0.15) is 5.75 Å². The summed E-state index contributed by atoms with van der Waals surface area (Å²) in [5.41, 5.74) is 1.79. The number of carbonyl (C=O) groups excluding carboxylic acids is 1. The first-order chi connectivity index (χ1) is 13.1. The molecule has 2 heterocycles.